The lowest BCUT2D eigenvalue weighted by Gasteiger charge is -2.15. The monoisotopic (exact) mass is 265 g/mol. The minimum Gasteiger partial charge on any atom is -0.312 e. The van der Waals surface area contributed by atoms with Crippen LogP contribution < -0.4 is 5.32 Å². The highest BCUT2D eigenvalue weighted by molar-refractivity contribution is 8.01. The summed E-state index contributed by atoms with van der Waals surface area (Å²) in [5, 5.41) is 12.5. The zero-order valence-corrected chi connectivity index (χ0v) is 11.5. The van der Waals surface area contributed by atoms with Crippen molar-refractivity contribution in [3.05, 3.63) is 40.9 Å². The summed E-state index contributed by atoms with van der Waals surface area (Å²) in [6, 6.07) is 10.8. The Bertz CT molecular complexity index is 456. The Kier molecular flexibility index (Phi) is 4.53. The van der Waals surface area contributed by atoms with E-state index in [1.807, 2.05) is 20.0 Å². The van der Waals surface area contributed by atoms with Gasteiger partial charge in [0.1, 0.15) is 5.01 Å². The molecule has 0 aliphatic carbocycles. The van der Waals surface area contributed by atoms with E-state index in [0.717, 1.165) is 15.1 Å². The van der Waals surface area contributed by atoms with Gasteiger partial charge in [0.25, 0.3) is 0 Å². The Morgan fingerprint density at radius 2 is 2.06 bits per heavy atom. The molecule has 1 heterocycles. The van der Waals surface area contributed by atoms with Crippen molar-refractivity contribution >= 4 is 23.1 Å². The van der Waals surface area contributed by atoms with Crippen molar-refractivity contribution < 1.29 is 0 Å². The van der Waals surface area contributed by atoms with E-state index in [1.165, 1.54) is 5.56 Å². The van der Waals surface area contributed by atoms with Crippen molar-refractivity contribution in [2.75, 3.05) is 12.8 Å². The van der Waals surface area contributed by atoms with E-state index in [0.29, 0.717) is 6.04 Å². The highest BCUT2D eigenvalue weighted by atomic mass is 32.2. The molecule has 0 aliphatic heterocycles. The van der Waals surface area contributed by atoms with E-state index in [-0.39, 0.29) is 0 Å². The number of hydrogen-bond donors (Lipinski definition) is 1. The molecule has 3 nitrogen and oxygen atoms in total. The molecule has 0 fully saturated rings. The van der Waals surface area contributed by atoms with Gasteiger partial charge >= 0.3 is 0 Å². The Balaban J connectivity index is 1.97. The number of rotatable bonds is 5. The third kappa shape index (κ3) is 3.52. The Labute approximate surface area is 110 Å². The molecule has 5 heteroatoms. The van der Waals surface area contributed by atoms with Gasteiger partial charge in [0.15, 0.2) is 4.34 Å². The molecule has 0 spiro atoms. The summed E-state index contributed by atoms with van der Waals surface area (Å²) in [6.45, 7) is 1.98. The molecule has 17 heavy (non-hydrogen) atoms. The van der Waals surface area contributed by atoms with Crippen LogP contribution in [0.4, 0.5) is 0 Å². The molecule has 2 rings (SSSR count). The maximum atomic E-state index is 4.12. The average Bonchev–Trinajstić information content (AvgIpc) is 2.77. The Morgan fingerprint density at radius 3 is 2.65 bits per heavy atom. The molecule has 90 valence electrons. The van der Waals surface area contributed by atoms with E-state index in [2.05, 4.69) is 39.8 Å². The van der Waals surface area contributed by atoms with Gasteiger partial charge in [-0.05, 0) is 19.5 Å². The molecule has 0 aliphatic rings. The fraction of sp³-hybridized carbons (Fsp3) is 0.333. The van der Waals surface area contributed by atoms with Crippen LogP contribution in [0.5, 0.6) is 0 Å². The van der Waals surface area contributed by atoms with Gasteiger partial charge in [0.05, 0.1) is 0 Å². The average molecular weight is 265 g/mol. The SMILES string of the molecule is CNC(CSc1nnc(C)s1)c1ccccc1. The molecular formula is C12H15N3S2. The minimum absolute atomic E-state index is 0.352. The van der Waals surface area contributed by atoms with E-state index in [1.54, 1.807) is 23.1 Å². The standard InChI is InChI=1S/C12H15N3S2/c1-9-14-15-12(17-9)16-8-11(13-2)10-6-4-3-5-7-10/h3-7,11,13H,8H2,1-2H3. The molecule has 1 unspecified atom stereocenters. The van der Waals surface area contributed by atoms with Crippen LogP contribution in [-0.4, -0.2) is 23.0 Å². The fourth-order valence-corrected chi connectivity index (χ4v) is 3.51. The zero-order chi connectivity index (χ0) is 12.1. The number of nitrogens with zero attached hydrogens (tertiary/aromatic N) is 2. The number of nitrogens with one attached hydrogen (secondary N) is 1. The first-order chi connectivity index (χ1) is 8.29. The second-order valence-corrected chi connectivity index (χ2v) is 6.10. The van der Waals surface area contributed by atoms with Gasteiger partial charge in [-0.15, -0.1) is 10.2 Å². The topological polar surface area (TPSA) is 37.8 Å². The van der Waals surface area contributed by atoms with Crippen molar-refractivity contribution in [2.45, 2.75) is 17.3 Å². The smallest absolute Gasteiger partial charge is 0.174 e. The van der Waals surface area contributed by atoms with Crippen molar-refractivity contribution in [3.8, 4) is 0 Å². The van der Waals surface area contributed by atoms with Crippen LogP contribution in [0.15, 0.2) is 34.7 Å². The van der Waals surface area contributed by atoms with Crippen molar-refractivity contribution in [1.82, 2.24) is 15.5 Å². The van der Waals surface area contributed by atoms with Crippen LogP contribution in [0.25, 0.3) is 0 Å². The van der Waals surface area contributed by atoms with Crippen molar-refractivity contribution in [1.29, 1.82) is 0 Å². The summed E-state index contributed by atoms with van der Waals surface area (Å²) < 4.78 is 1.04. The van der Waals surface area contributed by atoms with Crippen LogP contribution in [0.3, 0.4) is 0 Å². The minimum atomic E-state index is 0.352. The molecule has 0 radical (unpaired) electrons. The van der Waals surface area contributed by atoms with E-state index in [9.17, 15) is 0 Å². The summed E-state index contributed by atoms with van der Waals surface area (Å²) in [5.41, 5.74) is 1.31. The van der Waals surface area contributed by atoms with Gasteiger partial charge in [0.2, 0.25) is 0 Å². The normalized spacial score (nSPS) is 12.6. The van der Waals surface area contributed by atoms with Crippen LogP contribution in [0, 0.1) is 6.92 Å². The highest BCUT2D eigenvalue weighted by Crippen LogP contribution is 2.26. The number of benzene rings is 1. The first-order valence-corrected chi connectivity index (χ1v) is 7.25. The number of thioether (sulfide) groups is 1. The molecule has 2 aromatic rings. The predicted octanol–water partition coefficient (Wildman–Crippen LogP) is 2.90. The molecule has 0 bridgehead atoms. The molecule has 1 atom stereocenters. The maximum Gasteiger partial charge on any atom is 0.174 e. The van der Waals surface area contributed by atoms with Gasteiger partial charge in [-0.3, -0.25) is 0 Å². The summed E-state index contributed by atoms with van der Waals surface area (Å²) >= 11 is 3.40. The maximum absolute atomic E-state index is 4.12. The Morgan fingerprint density at radius 1 is 1.29 bits per heavy atom. The molecule has 0 saturated carbocycles. The largest absolute Gasteiger partial charge is 0.312 e. The third-order valence-electron chi connectivity index (χ3n) is 2.43. The van der Waals surface area contributed by atoms with Gasteiger partial charge in [-0.1, -0.05) is 53.4 Å². The molecular weight excluding hydrogens is 250 g/mol. The summed E-state index contributed by atoms with van der Waals surface area (Å²) in [6.07, 6.45) is 0. The predicted molar refractivity (Wildman–Crippen MR) is 73.6 cm³/mol. The molecule has 1 aromatic carbocycles. The van der Waals surface area contributed by atoms with Gasteiger partial charge in [-0.25, -0.2) is 0 Å². The lowest BCUT2D eigenvalue weighted by atomic mass is 10.1. The second-order valence-electron chi connectivity index (χ2n) is 3.65. The number of aromatic nitrogens is 2. The second kappa shape index (κ2) is 6.14. The molecule has 1 N–H and O–H groups in total. The van der Waals surface area contributed by atoms with Crippen LogP contribution in [0.1, 0.15) is 16.6 Å². The van der Waals surface area contributed by atoms with Gasteiger partial charge < -0.3 is 5.32 Å². The molecule has 0 amide bonds. The molecule has 1 aromatic heterocycles. The number of aryl methyl sites for hydroxylation is 1. The van der Waals surface area contributed by atoms with Crippen molar-refractivity contribution in [2.24, 2.45) is 0 Å². The lowest BCUT2D eigenvalue weighted by Crippen LogP contribution is -2.18. The van der Waals surface area contributed by atoms with Crippen molar-refractivity contribution in [3.63, 3.8) is 0 Å². The highest BCUT2D eigenvalue weighted by Gasteiger charge is 2.10. The van der Waals surface area contributed by atoms with Gasteiger partial charge in [0, 0.05) is 11.8 Å². The van der Waals surface area contributed by atoms with Crippen LogP contribution in [0.2, 0.25) is 0 Å². The summed E-state index contributed by atoms with van der Waals surface area (Å²) in [5.74, 6) is 0.967. The van der Waals surface area contributed by atoms with E-state index < -0.39 is 0 Å². The summed E-state index contributed by atoms with van der Waals surface area (Å²) in [7, 11) is 1.99. The quantitative estimate of drug-likeness (QED) is 0.844. The third-order valence-corrected chi connectivity index (χ3v) is 4.50. The van der Waals surface area contributed by atoms with E-state index >= 15 is 0 Å². The van der Waals surface area contributed by atoms with Gasteiger partial charge in [-0.2, -0.15) is 0 Å². The molecule has 0 saturated heterocycles. The lowest BCUT2D eigenvalue weighted by molar-refractivity contribution is 0.661. The van der Waals surface area contributed by atoms with Crippen LogP contribution >= 0.6 is 23.1 Å². The van der Waals surface area contributed by atoms with Crippen LogP contribution in [-0.2, 0) is 0 Å². The zero-order valence-electron chi connectivity index (χ0n) is 9.88. The Hall–Kier alpha value is -0.910. The first-order valence-electron chi connectivity index (χ1n) is 5.44. The number of hydrogen-bond acceptors (Lipinski definition) is 5. The fourth-order valence-electron chi connectivity index (χ4n) is 1.52. The first kappa shape index (κ1) is 12.5. The summed E-state index contributed by atoms with van der Waals surface area (Å²) in [4.78, 5) is 0. The van der Waals surface area contributed by atoms with E-state index in [4.69, 9.17) is 0 Å².